The highest BCUT2D eigenvalue weighted by atomic mass is 32.2. The minimum Gasteiger partial charge on any atom is -0.768 e. The predicted octanol–water partition coefficient (Wildman–Crippen LogP) is 2.58. The quantitative estimate of drug-likeness (QED) is 0.526. The van der Waals surface area contributed by atoms with Gasteiger partial charge in [-0.1, -0.05) is 18.2 Å². The molecule has 0 radical (unpaired) electrons. The van der Waals surface area contributed by atoms with Crippen molar-refractivity contribution in [2.75, 3.05) is 5.32 Å². The Morgan fingerprint density at radius 2 is 1.79 bits per heavy atom. The lowest BCUT2D eigenvalue weighted by atomic mass is 10.2. The van der Waals surface area contributed by atoms with Gasteiger partial charge in [-0.25, -0.2) is 0 Å². The first-order valence-corrected chi connectivity index (χ1v) is 6.35. The van der Waals surface area contributed by atoms with Gasteiger partial charge in [-0.15, -0.1) is 0 Å². The first-order chi connectivity index (χ1) is 9.08. The van der Waals surface area contributed by atoms with E-state index in [2.05, 4.69) is 5.32 Å². The van der Waals surface area contributed by atoms with E-state index in [1.165, 1.54) is 12.1 Å². The molecule has 0 heterocycles. The smallest absolute Gasteiger partial charge is 0.293 e. The number of anilines is 2. The van der Waals surface area contributed by atoms with Crippen LogP contribution in [0.3, 0.4) is 0 Å². The van der Waals surface area contributed by atoms with Gasteiger partial charge in [-0.3, -0.25) is 14.3 Å². The summed E-state index contributed by atoms with van der Waals surface area (Å²) >= 11 is -2.49. The summed E-state index contributed by atoms with van der Waals surface area (Å²) in [6, 6.07) is 12.6. The van der Waals surface area contributed by atoms with Crippen molar-refractivity contribution in [3.05, 3.63) is 58.6 Å². The van der Waals surface area contributed by atoms with Crippen LogP contribution < -0.4 is 5.32 Å². The molecule has 2 aromatic carbocycles. The van der Waals surface area contributed by atoms with E-state index in [4.69, 9.17) is 0 Å². The normalized spacial score (nSPS) is 11.8. The average Bonchev–Trinajstić information content (AvgIpc) is 2.39. The maximum Gasteiger partial charge on any atom is 0.293 e. The summed E-state index contributed by atoms with van der Waals surface area (Å²) in [6.45, 7) is 0. The van der Waals surface area contributed by atoms with E-state index in [1.807, 2.05) is 6.07 Å². The summed E-state index contributed by atoms with van der Waals surface area (Å²) in [4.78, 5) is 10.2. The molecule has 7 heteroatoms. The molecule has 2 rings (SSSR count). The van der Waals surface area contributed by atoms with Crippen molar-refractivity contribution in [2.45, 2.75) is 4.90 Å². The van der Waals surface area contributed by atoms with Crippen molar-refractivity contribution in [3.63, 3.8) is 0 Å². The zero-order valence-corrected chi connectivity index (χ0v) is 10.4. The predicted molar refractivity (Wildman–Crippen MR) is 70.0 cm³/mol. The van der Waals surface area contributed by atoms with Crippen LogP contribution >= 0.6 is 0 Å². The fraction of sp³-hybridized carbons (Fsp3) is 0. The number of rotatable bonds is 4. The van der Waals surface area contributed by atoms with Crippen molar-refractivity contribution in [1.29, 1.82) is 0 Å². The molecule has 0 amide bonds. The summed E-state index contributed by atoms with van der Waals surface area (Å²) in [5.41, 5.74) is 0.637. The van der Waals surface area contributed by atoms with Crippen LogP contribution in [0.4, 0.5) is 17.1 Å². The van der Waals surface area contributed by atoms with E-state index < -0.39 is 16.0 Å². The Kier molecular flexibility index (Phi) is 3.88. The number of nitrogens with one attached hydrogen (secondary N) is 1. The molecule has 0 aliphatic rings. The zero-order valence-electron chi connectivity index (χ0n) is 9.61. The second-order valence-electron chi connectivity index (χ2n) is 3.66. The van der Waals surface area contributed by atoms with Crippen LogP contribution in [0, 0.1) is 10.1 Å². The number of hydrogen-bond donors (Lipinski definition) is 1. The average molecular weight is 277 g/mol. The molecule has 1 unspecified atom stereocenters. The van der Waals surface area contributed by atoms with Crippen molar-refractivity contribution in [3.8, 4) is 0 Å². The third-order valence-corrected chi connectivity index (χ3v) is 3.05. The molecule has 0 fully saturated rings. The van der Waals surface area contributed by atoms with Gasteiger partial charge in [-0.2, -0.15) is 0 Å². The second kappa shape index (κ2) is 5.59. The Labute approximate surface area is 111 Å². The van der Waals surface area contributed by atoms with E-state index in [0.717, 1.165) is 6.07 Å². The van der Waals surface area contributed by atoms with Crippen LogP contribution in [0.25, 0.3) is 0 Å². The van der Waals surface area contributed by atoms with Gasteiger partial charge < -0.3 is 9.87 Å². The van der Waals surface area contributed by atoms with E-state index in [-0.39, 0.29) is 16.3 Å². The number of nitro benzene ring substituents is 1. The van der Waals surface area contributed by atoms with Gasteiger partial charge in [0.25, 0.3) is 5.69 Å². The fourth-order valence-electron chi connectivity index (χ4n) is 1.55. The van der Waals surface area contributed by atoms with Crippen LogP contribution in [0.15, 0.2) is 53.4 Å². The third-order valence-electron chi connectivity index (χ3n) is 2.41. The van der Waals surface area contributed by atoms with E-state index >= 15 is 0 Å². The van der Waals surface area contributed by atoms with Crippen LogP contribution in [0.1, 0.15) is 0 Å². The molecule has 0 aliphatic heterocycles. The summed E-state index contributed by atoms with van der Waals surface area (Å²) in [6.07, 6.45) is 0. The molecule has 6 nitrogen and oxygen atoms in total. The van der Waals surface area contributed by atoms with Crippen molar-refractivity contribution in [1.82, 2.24) is 0 Å². The molecule has 0 aliphatic carbocycles. The largest absolute Gasteiger partial charge is 0.768 e. The summed E-state index contributed by atoms with van der Waals surface area (Å²) in [7, 11) is 0. The lowest BCUT2D eigenvalue weighted by Gasteiger charge is -2.09. The Morgan fingerprint density at radius 1 is 1.11 bits per heavy atom. The van der Waals surface area contributed by atoms with Crippen molar-refractivity contribution >= 4 is 28.1 Å². The topological polar surface area (TPSA) is 95.3 Å². The summed E-state index contributed by atoms with van der Waals surface area (Å²) in [5, 5.41) is 13.8. The first-order valence-electron chi connectivity index (χ1n) is 5.27. The van der Waals surface area contributed by atoms with Crippen LogP contribution in [-0.2, 0) is 11.1 Å². The van der Waals surface area contributed by atoms with Gasteiger partial charge in [-0.05, 0) is 35.3 Å². The molecule has 0 saturated carbocycles. The van der Waals surface area contributed by atoms with Crippen LogP contribution in [0.2, 0.25) is 0 Å². The molecule has 1 atom stereocenters. The maximum absolute atomic E-state index is 11.0. The third kappa shape index (κ3) is 3.15. The van der Waals surface area contributed by atoms with Gasteiger partial charge in [0.2, 0.25) is 0 Å². The van der Waals surface area contributed by atoms with Gasteiger partial charge in [0, 0.05) is 16.6 Å². The molecule has 98 valence electrons. The SMILES string of the molecule is O=[N+]([O-])c1cc(S(=O)[O-])ccc1Nc1ccccc1. The van der Waals surface area contributed by atoms with Crippen LogP contribution in [-0.4, -0.2) is 13.7 Å². The Balaban J connectivity index is 2.40. The van der Waals surface area contributed by atoms with Crippen LogP contribution in [0.5, 0.6) is 0 Å². The fourth-order valence-corrected chi connectivity index (χ4v) is 1.94. The Morgan fingerprint density at radius 3 is 2.37 bits per heavy atom. The molecule has 19 heavy (non-hydrogen) atoms. The highest BCUT2D eigenvalue weighted by Gasteiger charge is 2.15. The number of nitrogens with zero attached hydrogens (tertiary/aromatic N) is 1. The lowest BCUT2D eigenvalue weighted by Crippen LogP contribution is -1.99. The van der Waals surface area contributed by atoms with Gasteiger partial charge in [0.1, 0.15) is 5.69 Å². The number of benzene rings is 2. The molecule has 0 spiro atoms. The molecule has 1 N–H and O–H groups in total. The highest BCUT2D eigenvalue weighted by Crippen LogP contribution is 2.29. The molecule has 0 saturated heterocycles. The minimum atomic E-state index is -2.49. The van der Waals surface area contributed by atoms with E-state index in [9.17, 15) is 18.9 Å². The van der Waals surface area contributed by atoms with Gasteiger partial charge in [0.15, 0.2) is 0 Å². The van der Waals surface area contributed by atoms with Crippen molar-refractivity contribution in [2.24, 2.45) is 0 Å². The molecule has 0 aromatic heterocycles. The number of hydrogen-bond acceptors (Lipinski definition) is 5. The number of para-hydroxylation sites is 1. The standard InChI is InChI=1S/C12H10N2O4S/c15-14(16)12-8-10(19(17)18)6-7-11(12)13-9-4-2-1-3-5-9/h1-8,13H,(H,17,18)/p-1. The van der Waals surface area contributed by atoms with E-state index in [1.54, 1.807) is 24.3 Å². The minimum absolute atomic E-state index is 0.120. The number of nitro groups is 1. The summed E-state index contributed by atoms with van der Waals surface area (Å²) < 4.78 is 21.6. The molecule has 2 aromatic rings. The Hall–Kier alpha value is -2.25. The lowest BCUT2D eigenvalue weighted by molar-refractivity contribution is -0.384. The zero-order chi connectivity index (χ0) is 13.8. The maximum atomic E-state index is 11.0. The van der Waals surface area contributed by atoms with Gasteiger partial charge >= 0.3 is 0 Å². The second-order valence-corrected chi connectivity index (χ2v) is 4.60. The first kappa shape index (κ1) is 13.2. The Bertz CT molecular complexity index is 631. The molecular formula is C12H9N2O4S-. The van der Waals surface area contributed by atoms with Gasteiger partial charge in [0.05, 0.1) is 4.92 Å². The highest BCUT2D eigenvalue weighted by molar-refractivity contribution is 7.79. The monoisotopic (exact) mass is 277 g/mol. The summed E-state index contributed by atoms with van der Waals surface area (Å²) in [5.74, 6) is 0. The van der Waals surface area contributed by atoms with Crippen molar-refractivity contribution < 1.29 is 13.7 Å². The molecule has 0 bridgehead atoms. The molecular weight excluding hydrogens is 268 g/mol. The van der Waals surface area contributed by atoms with E-state index in [0.29, 0.717) is 5.69 Å².